The summed E-state index contributed by atoms with van der Waals surface area (Å²) in [6.07, 6.45) is 4.07. The predicted molar refractivity (Wildman–Crippen MR) is 101 cm³/mol. The molecule has 3 aromatic rings. The molecule has 1 aliphatic carbocycles. The van der Waals surface area contributed by atoms with Gasteiger partial charge in [-0.1, -0.05) is 30.3 Å². The first-order chi connectivity index (χ1) is 12.7. The summed E-state index contributed by atoms with van der Waals surface area (Å²) in [7, 11) is 1.62. The minimum Gasteiger partial charge on any atom is -0.496 e. The second-order valence-electron chi connectivity index (χ2n) is 6.24. The number of aliphatic imine (C=N–C) groups is 1. The zero-order valence-electron chi connectivity index (χ0n) is 14.4. The number of hydrogen-bond acceptors (Lipinski definition) is 4. The minimum absolute atomic E-state index is 0.236. The molecule has 1 aromatic heterocycles. The van der Waals surface area contributed by atoms with Gasteiger partial charge in [0.15, 0.2) is 18.1 Å². The van der Waals surface area contributed by atoms with Crippen LogP contribution in [0.1, 0.15) is 17.9 Å². The van der Waals surface area contributed by atoms with Gasteiger partial charge in [-0.15, -0.1) is 0 Å². The van der Waals surface area contributed by atoms with Crippen molar-refractivity contribution in [2.45, 2.75) is 18.4 Å². The molecule has 2 atom stereocenters. The Morgan fingerprint density at radius 2 is 2.12 bits per heavy atom. The van der Waals surface area contributed by atoms with Crippen molar-refractivity contribution in [2.75, 3.05) is 12.4 Å². The molecule has 1 aliphatic rings. The van der Waals surface area contributed by atoms with Crippen molar-refractivity contribution in [3.63, 3.8) is 0 Å². The zero-order valence-corrected chi connectivity index (χ0v) is 14.4. The summed E-state index contributed by atoms with van der Waals surface area (Å²) >= 11 is 0. The van der Waals surface area contributed by atoms with E-state index in [-0.39, 0.29) is 6.04 Å². The average molecular weight is 348 g/mol. The topological polar surface area (TPSA) is 85.7 Å². The summed E-state index contributed by atoms with van der Waals surface area (Å²) in [5.74, 6) is 2.19. The molecule has 26 heavy (non-hydrogen) atoms. The third-order valence-corrected chi connectivity index (χ3v) is 4.46. The van der Waals surface area contributed by atoms with Gasteiger partial charge in [0.1, 0.15) is 5.75 Å². The standard InChI is InChI=1S/C20H20N4O2/c1-25-18-9-14(7-8-15(18)19-11-22-12-26-19)23-20(21)24-17-10-16(17)13-5-3-2-4-6-13/h2-9,11-12,16-17H,10H2,1H3,(H3,21,23,24). The molecule has 0 saturated heterocycles. The van der Waals surface area contributed by atoms with Gasteiger partial charge in [-0.2, -0.15) is 0 Å². The zero-order chi connectivity index (χ0) is 17.9. The lowest BCUT2D eigenvalue weighted by Crippen LogP contribution is -2.23. The number of nitrogens with two attached hydrogens (primary N) is 1. The van der Waals surface area contributed by atoms with Crippen LogP contribution in [0, 0.1) is 0 Å². The number of methoxy groups -OCH3 is 1. The molecule has 0 aliphatic heterocycles. The lowest BCUT2D eigenvalue weighted by molar-refractivity contribution is 0.415. The van der Waals surface area contributed by atoms with Crippen LogP contribution < -0.4 is 15.8 Å². The van der Waals surface area contributed by atoms with E-state index in [0.29, 0.717) is 23.4 Å². The quantitative estimate of drug-likeness (QED) is 0.543. The highest BCUT2D eigenvalue weighted by Gasteiger charge is 2.38. The number of guanidine groups is 1. The number of hydrogen-bond donors (Lipinski definition) is 2. The molecule has 1 heterocycles. The third-order valence-electron chi connectivity index (χ3n) is 4.46. The molecule has 2 unspecified atom stereocenters. The lowest BCUT2D eigenvalue weighted by atomic mass is 10.1. The molecule has 0 amide bonds. The molecule has 0 bridgehead atoms. The molecule has 6 heteroatoms. The Hall–Kier alpha value is -3.28. The predicted octanol–water partition coefficient (Wildman–Crippen LogP) is 3.63. The van der Waals surface area contributed by atoms with Crippen LogP contribution in [0.25, 0.3) is 11.3 Å². The smallest absolute Gasteiger partial charge is 0.193 e. The van der Waals surface area contributed by atoms with Crippen molar-refractivity contribution in [2.24, 2.45) is 10.7 Å². The number of aromatic nitrogens is 1. The molecule has 3 N–H and O–H groups in total. The third kappa shape index (κ3) is 3.39. The van der Waals surface area contributed by atoms with Gasteiger partial charge in [-0.05, 0) is 24.1 Å². The van der Waals surface area contributed by atoms with E-state index < -0.39 is 0 Å². The molecule has 132 valence electrons. The first-order valence-electron chi connectivity index (χ1n) is 8.46. The molecular formula is C20H20N4O2. The monoisotopic (exact) mass is 348 g/mol. The Kier molecular flexibility index (Phi) is 4.31. The van der Waals surface area contributed by atoms with Crippen LogP contribution in [0.4, 0.5) is 5.69 Å². The Morgan fingerprint density at radius 3 is 2.85 bits per heavy atom. The largest absolute Gasteiger partial charge is 0.496 e. The lowest BCUT2D eigenvalue weighted by Gasteiger charge is -2.10. The van der Waals surface area contributed by atoms with Gasteiger partial charge in [0.25, 0.3) is 0 Å². The van der Waals surface area contributed by atoms with E-state index in [0.717, 1.165) is 17.7 Å². The molecule has 2 aromatic carbocycles. The molecule has 6 nitrogen and oxygen atoms in total. The normalized spacial score (nSPS) is 19.2. The van der Waals surface area contributed by atoms with Crippen LogP contribution in [-0.2, 0) is 0 Å². The number of nitrogens with one attached hydrogen (secondary N) is 1. The Bertz CT molecular complexity index is 907. The number of ether oxygens (including phenoxy) is 1. The van der Waals surface area contributed by atoms with Crippen LogP contribution in [0.2, 0.25) is 0 Å². The summed E-state index contributed by atoms with van der Waals surface area (Å²) in [6.45, 7) is 0. The van der Waals surface area contributed by atoms with Gasteiger partial charge in [0, 0.05) is 17.7 Å². The summed E-state index contributed by atoms with van der Waals surface area (Å²) < 4.78 is 10.8. The Balaban J connectivity index is 1.46. The summed E-state index contributed by atoms with van der Waals surface area (Å²) in [6, 6.07) is 16.3. The highest BCUT2D eigenvalue weighted by Crippen LogP contribution is 2.43. The van der Waals surface area contributed by atoms with Gasteiger partial charge < -0.3 is 20.2 Å². The van der Waals surface area contributed by atoms with Crippen LogP contribution in [0.15, 0.2) is 70.5 Å². The van der Waals surface area contributed by atoms with Crippen molar-refractivity contribution in [1.82, 2.24) is 4.98 Å². The number of rotatable bonds is 5. The molecule has 1 saturated carbocycles. The van der Waals surface area contributed by atoms with Crippen LogP contribution in [0.5, 0.6) is 5.75 Å². The van der Waals surface area contributed by atoms with E-state index >= 15 is 0 Å². The van der Waals surface area contributed by atoms with E-state index in [4.69, 9.17) is 14.9 Å². The number of anilines is 1. The van der Waals surface area contributed by atoms with Crippen molar-refractivity contribution in [3.05, 3.63) is 66.7 Å². The number of oxazole rings is 1. The van der Waals surface area contributed by atoms with E-state index in [2.05, 4.69) is 39.6 Å². The summed E-state index contributed by atoms with van der Waals surface area (Å²) in [4.78, 5) is 8.52. The van der Waals surface area contributed by atoms with Crippen molar-refractivity contribution in [1.29, 1.82) is 0 Å². The number of nitrogens with zero attached hydrogens (tertiary/aromatic N) is 2. The van der Waals surface area contributed by atoms with Gasteiger partial charge >= 0.3 is 0 Å². The minimum atomic E-state index is 0.236. The maximum atomic E-state index is 6.08. The summed E-state index contributed by atoms with van der Waals surface area (Å²) in [5.41, 5.74) is 9.03. The van der Waals surface area contributed by atoms with E-state index in [1.165, 1.54) is 12.0 Å². The first-order valence-corrected chi connectivity index (χ1v) is 8.46. The number of benzene rings is 2. The van der Waals surface area contributed by atoms with Crippen molar-refractivity contribution in [3.8, 4) is 17.1 Å². The fourth-order valence-electron chi connectivity index (χ4n) is 3.06. The average Bonchev–Trinajstić information content (AvgIpc) is 3.21. The van der Waals surface area contributed by atoms with Crippen molar-refractivity contribution < 1.29 is 9.15 Å². The maximum absolute atomic E-state index is 6.08. The fraction of sp³-hybridized carbons (Fsp3) is 0.200. The van der Waals surface area contributed by atoms with Gasteiger partial charge in [-0.25, -0.2) is 9.98 Å². The highest BCUT2D eigenvalue weighted by atomic mass is 16.5. The van der Waals surface area contributed by atoms with E-state index in [9.17, 15) is 0 Å². The second-order valence-corrected chi connectivity index (χ2v) is 6.24. The summed E-state index contributed by atoms with van der Waals surface area (Å²) in [5, 5.41) is 3.13. The Labute approximate surface area is 151 Å². The molecule has 4 rings (SSSR count). The van der Waals surface area contributed by atoms with Gasteiger partial charge in [0.2, 0.25) is 0 Å². The second kappa shape index (κ2) is 6.92. The molecule has 1 fully saturated rings. The fourth-order valence-corrected chi connectivity index (χ4v) is 3.06. The highest BCUT2D eigenvalue weighted by molar-refractivity contribution is 5.93. The van der Waals surface area contributed by atoms with E-state index in [1.807, 2.05) is 24.3 Å². The molecule has 0 spiro atoms. The molecule has 0 radical (unpaired) electrons. The van der Waals surface area contributed by atoms with Gasteiger partial charge in [0.05, 0.1) is 24.9 Å². The van der Waals surface area contributed by atoms with Crippen molar-refractivity contribution >= 4 is 11.6 Å². The van der Waals surface area contributed by atoms with Crippen LogP contribution in [0.3, 0.4) is 0 Å². The SMILES string of the molecule is COc1cc(NC(N)=NC2CC2c2ccccc2)ccc1-c1cnco1. The van der Waals surface area contributed by atoms with E-state index in [1.54, 1.807) is 13.3 Å². The van der Waals surface area contributed by atoms with Crippen LogP contribution in [-0.4, -0.2) is 24.1 Å². The Morgan fingerprint density at radius 1 is 1.27 bits per heavy atom. The maximum Gasteiger partial charge on any atom is 0.193 e. The van der Waals surface area contributed by atoms with Gasteiger partial charge in [-0.3, -0.25) is 0 Å². The molecular weight excluding hydrogens is 328 g/mol. The van der Waals surface area contributed by atoms with Crippen LogP contribution >= 0.6 is 0 Å². The first kappa shape index (κ1) is 16.2.